The number of imide groups is 1. The summed E-state index contributed by atoms with van der Waals surface area (Å²) in [5, 5.41) is 0. The Balaban J connectivity index is 1.30. The summed E-state index contributed by atoms with van der Waals surface area (Å²) in [5.74, 6) is -0.755. The Hall–Kier alpha value is -3.21. The molecular weight excluding hydrogens is 354 g/mol. The predicted molar refractivity (Wildman–Crippen MR) is 102 cm³/mol. The highest BCUT2D eigenvalue weighted by Gasteiger charge is 2.59. The van der Waals surface area contributed by atoms with Crippen molar-refractivity contribution in [2.45, 2.75) is 13.0 Å². The Bertz CT molecular complexity index is 949. The highest BCUT2D eigenvalue weighted by Crippen LogP contribution is 2.53. The molecule has 2 bridgehead atoms. The second-order valence-corrected chi connectivity index (χ2v) is 7.62. The molecule has 5 rings (SSSR count). The Kier molecular flexibility index (Phi) is 3.90. The normalized spacial score (nSPS) is 27.4. The van der Waals surface area contributed by atoms with E-state index in [0.717, 1.165) is 12.0 Å². The van der Waals surface area contributed by atoms with E-state index in [-0.39, 0.29) is 42.1 Å². The van der Waals surface area contributed by atoms with Crippen LogP contribution in [0.25, 0.3) is 0 Å². The highest BCUT2D eigenvalue weighted by atomic mass is 16.5. The van der Waals surface area contributed by atoms with Crippen molar-refractivity contribution in [2.75, 3.05) is 4.90 Å². The largest absolute Gasteiger partial charge is 0.457 e. The van der Waals surface area contributed by atoms with E-state index in [0.29, 0.717) is 11.3 Å². The van der Waals surface area contributed by atoms with Crippen LogP contribution in [0.3, 0.4) is 0 Å². The van der Waals surface area contributed by atoms with Crippen LogP contribution in [0.4, 0.5) is 5.69 Å². The smallest absolute Gasteiger partial charge is 0.338 e. The molecular formula is C23H19NO4. The maximum Gasteiger partial charge on any atom is 0.338 e. The fourth-order valence-electron chi connectivity index (χ4n) is 4.71. The number of anilines is 1. The number of fused-ring (bicyclic) bond motifs is 5. The van der Waals surface area contributed by atoms with E-state index < -0.39 is 5.97 Å². The first-order valence-electron chi connectivity index (χ1n) is 9.51. The SMILES string of the molecule is O=C(OCc1ccccc1)c1ccc(N2C(=O)[C@@H]3[C@@H](C2=O)[C@H]2C=C[C@H]3C2)cc1. The number of esters is 1. The maximum atomic E-state index is 12.8. The van der Waals surface area contributed by atoms with Crippen LogP contribution in [-0.2, 0) is 20.9 Å². The molecule has 1 heterocycles. The summed E-state index contributed by atoms with van der Waals surface area (Å²) in [7, 11) is 0. The monoisotopic (exact) mass is 373 g/mol. The van der Waals surface area contributed by atoms with Crippen molar-refractivity contribution in [3.8, 4) is 0 Å². The van der Waals surface area contributed by atoms with Crippen molar-refractivity contribution >= 4 is 23.5 Å². The first-order chi connectivity index (χ1) is 13.6. The van der Waals surface area contributed by atoms with E-state index in [1.165, 1.54) is 4.90 Å². The van der Waals surface area contributed by atoms with Gasteiger partial charge in [0.2, 0.25) is 11.8 Å². The van der Waals surface area contributed by atoms with Crippen molar-refractivity contribution in [2.24, 2.45) is 23.7 Å². The topological polar surface area (TPSA) is 63.7 Å². The standard InChI is InChI=1S/C23H19NO4/c25-21-19-16-6-7-17(12-16)20(19)22(26)24(21)18-10-8-15(9-11-18)23(27)28-13-14-4-2-1-3-5-14/h1-11,16-17,19-20H,12-13H2/t16-,17-,19-,20-/m0/s1. The summed E-state index contributed by atoms with van der Waals surface area (Å²) in [6.45, 7) is 0.198. The number of nitrogens with zero attached hydrogens (tertiary/aromatic N) is 1. The lowest BCUT2D eigenvalue weighted by Gasteiger charge is -2.17. The molecule has 140 valence electrons. The van der Waals surface area contributed by atoms with Crippen molar-refractivity contribution in [3.05, 3.63) is 77.9 Å². The molecule has 2 amide bonds. The second-order valence-electron chi connectivity index (χ2n) is 7.62. The van der Waals surface area contributed by atoms with Gasteiger partial charge in [0.25, 0.3) is 0 Å². The molecule has 5 nitrogen and oxygen atoms in total. The van der Waals surface area contributed by atoms with Crippen LogP contribution >= 0.6 is 0 Å². The molecule has 0 spiro atoms. The number of rotatable bonds is 4. The van der Waals surface area contributed by atoms with Crippen LogP contribution in [0.1, 0.15) is 22.3 Å². The van der Waals surface area contributed by atoms with Gasteiger partial charge in [0, 0.05) is 0 Å². The van der Waals surface area contributed by atoms with Crippen molar-refractivity contribution in [3.63, 3.8) is 0 Å². The summed E-state index contributed by atoms with van der Waals surface area (Å²) in [6.07, 6.45) is 5.06. The van der Waals surface area contributed by atoms with Crippen molar-refractivity contribution in [1.29, 1.82) is 0 Å². The summed E-state index contributed by atoms with van der Waals surface area (Å²) in [5.41, 5.74) is 1.82. The molecule has 2 aliphatic carbocycles. The molecule has 0 aromatic heterocycles. The first kappa shape index (κ1) is 16.9. The van der Waals surface area contributed by atoms with Crippen LogP contribution in [0.15, 0.2) is 66.7 Å². The first-order valence-corrected chi connectivity index (χ1v) is 9.51. The van der Waals surface area contributed by atoms with Crippen LogP contribution < -0.4 is 4.90 Å². The van der Waals surface area contributed by atoms with Gasteiger partial charge in [-0.3, -0.25) is 14.5 Å². The van der Waals surface area contributed by atoms with Gasteiger partial charge in [0.1, 0.15) is 6.61 Å². The number of hydrogen-bond donors (Lipinski definition) is 0. The number of allylic oxidation sites excluding steroid dienone is 2. The van der Waals surface area contributed by atoms with E-state index in [1.54, 1.807) is 24.3 Å². The fourth-order valence-corrected chi connectivity index (χ4v) is 4.71. The Morgan fingerprint density at radius 3 is 2.11 bits per heavy atom. The summed E-state index contributed by atoms with van der Waals surface area (Å²) >= 11 is 0. The van der Waals surface area contributed by atoms with E-state index >= 15 is 0 Å². The molecule has 5 heteroatoms. The van der Waals surface area contributed by atoms with Gasteiger partial charge in [-0.05, 0) is 48.1 Å². The summed E-state index contributed by atoms with van der Waals surface area (Å²) in [6, 6.07) is 15.9. The predicted octanol–water partition coefficient (Wildman–Crippen LogP) is 3.36. The molecule has 28 heavy (non-hydrogen) atoms. The average molecular weight is 373 g/mol. The highest BCUT2D eigenvalue weighted by molar-refractivity contribution is 6.22. The number of hydrogen-bond acceptors (Lipinski definition) is 4. The van der Waals surface area contributed by atoms with Crippen molar-refractivity contribution in [1.82, 2.24) is 0 Å². The summed E-state index contributed by atoms with van der Waals surface area (Å²) in [4.78, 5) is 39.2. The van der Waals surface area contributed by atoms with Gasteiger partial charge in [-0.2, -0.15) is 0 Å². The van der Waals surface area contributed by atoms with Crippen LogP contribution in [0.2, 0.25) is 0 Å². The van der Waals surface area contributed by atoms with E-state index in [9.17, 15) is 14.4 Å². The number of amides is 2. The van der Waals surface area contributed by atoms with E-state index in [2.05, 4.69) is 12.2 Å². The lowest BCUT2D eigenvalue weighted by Crippen LogP contribution is -2.32. The lowest BCUT2D eigenvalue weighted by atomic mass is 9.85. The minimum absolute atomic E-state index is 0.119. The molecule has 0 unspecified atom stereocenters. The molecule has 1 saturated carbocycles. The number of benzene rings is 2. The van der Waals surface area contributed by atoms with Gasteiger partial charge in [-0.15, -0.1) is 0 Å². The quantitative estimate of drug-likeness (QED) is 0.468. The van der Waals surface area contributed by atoms with Crippen molar-refractivity contribution < 1.29 is 19.1 Å². The van der Waals surface area contributed by atoms with Gasteiger partial charge in [-0.25, -0.2) is 4.79 Å². The van der Waals surface area contributed by atoms with Crippen LogP contribution in [-0.4, -0.2) is 17.8 Å². The molecule has 4 atom stereocenters. The van der Waals surface area contributed by atoms with E-state index in [1.807, 2.05) is 30.3 Å². The molecule has 1 saturated heterocycles. The number of carbonyl (C=O) groups is 3. The Morgan fingerprint density at radius 2 is 1.50 bits per heavy atom. The zero-order valence-corrected chi connectivity index (χ0v) is 15.2. The molecule has 2 aromatic carbocycles. The summed E-state index contributed by atoms with van der Waals surface area (Å²) < 4.78 is 5.32. The van der Waals surface area contributed by atoms with Crippen LogP contribution in [0, 0.1) is 23.7 Å². The third kappa shape index (κ3) is 2.58. The minimum atomic E-state index is -0.436. The van der Waals surface area contributed by atoms with Crippen LogP contribution in [0.5, 0.6) is 0 Å². The van der Waals surface area contributed by atoms with Gasteiger partial charge >= 0.3 is 5.97 Å². The second kappa shape index (κ2) is 6.44. The lowest BCUT2D eigenvalue weighted by molar-refractivity contribution is -0.123. The van der Waals surface area contributed by atoms with Gasteiger partial charge in [0.05, 0.1) is 23.1 Å². The molecule has 0 radical (unpaired) electrons. The zero-order valence-electron chi connectivity index (χ0n) is 15.2. The third-order valence-electron chi connectivity index (χ3n) is 6.04. The zero-order chi connectivity index (χ0) is 19.3. The number of carbonyl (C=O) groups excluding carboxylic acids is 3. The number of ether oxygens (including phenoxy) is 1. The molecule has 0 N–H and O–H groups in total. The van der Waals surface area contributed by atoms with Gasteiger partial charge < -0.3 is 4.74 Å². The molecule has 1 aliphatic heterocycles. The molecule has 2 aromatic rings. The minimum Gasteiger partial charge on any atom is -0.457 e. The molecule has 2 fully saturated rings. The molecule has 3 aliphatic rings. The maximum absolute atomic E-state index is 12.8. The Labute approximate surface area is 162 Å². The fraction of sp³-hybridized carbons (Fsp3) is 0.261. The third-order valence-corrected chi connectivity index (χ3v) is 6.04. The average Bonchev–Trinajstić information content (AvgIpc) is 3.41. The van der Waals surface area contributed by atoms with E-state index in [4.69, 9.17) is 4.74 Å². The van der Waals surface area contributed by atoms with Gasteiger partial charge in [-0.1, -0.05) is 42.5 Å². The Morgan fingerprint density at radius 1 is 0.893 bits per heavy atom. The van der Waals surface area contributed by atoms with Gasteiger partial charge in [0.15, 0.2) is 0 Å².